The molecule has 0 aliphatic heterocycles. The Kier molecular flexibility index (Phi) is 6.23. The number of nitrogens with zero attached hydrogens (tertiary/aromatic N) is 2. The van der Waals surface area contributed by atoms with E-state index < -0.39 is 6.10 Å². The Labute approximate surface area is 159 Å². The Balaban J connectivity index is 0.00000208. The van der Waals surface area contributed by atoms with Crippen molar-refractivity contribution in [2.24, 2.45) is 7.05 Å². The van der Waals surface area contributed by atoms with Crippen LogP contribution in [0.1, 0.15) is 11.4 Å². The van der Waals surface area contributed by atoms with Gasteiger partial charge >= 0.3 is 0 Å². The summed E-state index contributed by atoms with van der Waals surface area (Å²) in [6.45, 7) is 4.88. The molecule has 2 aromatic carbocycles. The molecule has 0 aliphatic carbocycles. The van der Waals surface area contributed by atoms with E-state index in [0.717, 1.165) is 28.2 Å². The number of para-hydroxylation sites is 2. The number of rotatable bonds is 5. The van der Waals surface area contributed by atoms with E-state index in [-0.39, 0.29) is 30.6 Å². The fraction of sp³-hybridized carbons (Fsp3) is 0.316. The van der Waals surface area contributed by atoms with Crippen LogP contribution in [0.4, 0.5) is 0 Å². The van der Waals surface area contributed by atoms with Gasteiger partial charge in [-0.1, -0.05) is 24.3 Å². The van der Waals surface area contributed by atoms with E-state index in [1.807, 2.05) is 50.4 Å². The number of aliphatic hydroxyl groups is 1. The van der Waals surface area contributed by atoms with Crippen molar-refractivity contribution in [1.82, 2.24) is 4.57 Å². The lowest BCUT2D eigenvalue weighted by atomic mass is 10.2. The SMILES string of the molecule is Cc1cccc(OCC(O)Cn2c(C)[n+](C)c3ccccc32)c1.[I-]. The number of fused-ring (bicyclic) bond motifs is 1. The summed E-state index contributed by atoms with van der Waals surface area (Å²) in [5.41, 5.74) is 3.44. The summed E-state index contributed by atoms with van der Waals surface area (Å²) >= 11 is 0. The number of hydrogen-bond donors (Lipinski definition) is 1. The zero-order valence-electron chi connectivity index (χ0n) is 14.2. The molecule has 24 heavy (non-hydrogen) atoms. The van der Waals surface area contributed by atoms with Crippen molar-refractivity contribution in [3.8, 4) is 5.75 Å². The minimum absolute atomic E-state index is 0. The highest BCUT2D eigenvalue weighted by molar-refractivity contribution is 5.72. The number of aryl methyl sites for hydroxylation is 2. The van der Waals surface area contributed by atoms with Crippen molar-refractivity contribution in [3.63, 3.8) is 0 Å². The van der Waals surface area contributed by atoms with Crippen LogP contribution >= 0.6 is 0 Å². The van der Waals surface area contributed by atoms with E-state index in [9.17, 15) is 5.11 Å². The molecule has 3 aromatic rings. The van der Waals surface area contributed by atoms with Crippen molar-refractivity contribution in [2.45, 2.75) is 26.5 Å². The molecule has 0 bridgehead atoms. The maximum Gasteiger partial charge on any atom is 0.254 e. The molecular weight excluding hydrogens is 415 g/mol. The minimum Gasteiger partial charge on any atom is -1.00 e. The number of imidazole rings is 1. The maximum atomic E-state index is 10.4. The first kappa shape index (κ1) is 18.7. The fourth-order valence-corrected chi connectivity index (χ4v) is 2.90. The van der Waals surface area contributed by atoms with E-state index in [0.29, 0.717) is 6.54 Å². The number of hydrogen-bond acceptors (Lipinski definition) is 2. The second kappa shape index (κ2) is 7.98. The van der Waals surface area contributed by atoms with Gasteiger partial charge in [0.1, 0.15) is 25.0 Å². The number of benzene rings is 2. The summed E-state index contributed by atoms with van der Waals surface area (Å²) in [5, 5.41) is 10.4. The molecule has 3 rings (SSSR count). The summed E-state index contributed by atoms with van der Waals surface area (Å²) in [7, 11) is 2.05. The normalized spacial score (nSPS) is 12.0. The highest BCUT2D eigenvalue weighted by Gasteiger charge is 2.21. The van der Waals surface area contributed by atoms with E-state index in [2.05, 4.69) is 28.2 Å². The molecular formula is C19H23IN2O2. The van der Waals surface area contributed by atoms with Gasteiger partial charge in [-0.15, -0.1) is 0 Å². The van der Waals surface area contributed by atoms with Gasteiger partial charge in [0.2, 0.25) is 0 Å². The lowest BCUT2D eigenvalue weighted by Crippen LogP contribution is -3.00. The Morgan fingerprint density at radius 3 is 2.62 bits per heavy atom. The quantitative estimate of drug-likeness (QED) is 0.432. The first-order valence-electron chi connectivity index (χ1n) is 7.87. The van der Waals surface area contributed by atoms with Crippen LogP contribution in [0.15, 0.2) is 48.5 Å². The zero-order valence-corrected chi connectivity index (χ0v) is 16.4. The van der Waals surface area contributed by atoms with Crippen LogP contribution in [-0.2, 0) is 13.6 Å². The third-order valence-electron chi connectivity index (χ3n) is 4.24. The molecule has 5 heteroatoms. The van der Waals surface area contributed by atoms with Gasteiger partial charge in [0.15, 0.2) is 11.0 Å². The molecule has 0 saturated heterocycles. The van der Waals surface area contributed by atoms with Gasteiger partial charge in [-0.2, -0.15) is 0 Å². The van der Waals surface area contributed by atoms with Gasteiger partial charge in [0.05, 0.1) is 7.05 Å². The van der Waals surface area contributed by atoms with Crippen LogP contribution in [0.2, 0.25) is 0 Å². The molecule has 0 spiro atoms. The average Bonchev–Trinajstić information content (AvgIpc) is 2.79. The molecule has 4 nitrogen and oxygen atoms in total. The predicted molar refractivity (Wildman–Crippen MR) is 90.5 cm³/mol. The molecule has 0 saturated carbocycles. The van der Waals surface area contributed by atoms with Gasteiger partial charge < -0.3 is 33.8 Å². The molecule has 1 atom stereocenters. The van der Waals surface area contributed by atoms with Crippen LogP contribution in [0.25, 0.3) is 11.0 Å². The van der Waals surface area contributed by atoms with Crippen LogP contribution in [0.5, 0.6) is 5.75 Å². The largest absolute Gasteiger partial charge is 1.00 e. The second-order valence-electron chi connectivity index (χ2n) is 5.99. The smallest absolute Gasteiger partial charge is 0.254 e. The van der Waals surface area contributed by atoms with Crippen molar-refractivity contribution in [3.05, 3.63) is 59.9 Å². The van der Waals surface area contributed by atoms with E-state index in [1.54, 1.807) is 0 Å². The van der Waals surface area contributed by atoms with E-state index in [1.165, 1.54) is 0 Å². The van der Waals surface area contributed by atoms with Crippen LogP contribution in [0, 0.1) is 13.8 Å². The van der Waals surface area contributed by atoms with Gasteiger partial charge in [0.25, 0.3) is 5.82 Å². The molecule has 1 unspecified atom stereocenters. The molecule has 0 fully saturated rings. The Morgan fingerprint density at radius 2 is 1.88 bits per heavy atom. The fourth-order valence-electron chi connectivity index (χ4n) is 2.90. The molecule has 0 amide bonds. The standard InChI is InChI=1S/C19H23N2O2.HI/c1-14-7-6-8-17(11-14)23-13-16(22)12-21-15(2)20(3)18-9-4-5-10-19(18)21;/h4-11,16,22H,12-13H2,1-3H3;1H/q+1;/p-1. The zero-order chi connectivity index (χ0) is 16.4. The van der Waals surface area contributed by atoms with Gasteiger partial charge in [-0.25, -0.2) is 9.13 Å². The predicted octanol–water partition coefficient (Wildman–Crippen LogP) is -0.473. The molecule has 0 aliphatic rings. The molecule has 128 valence electrons. The third-order valence-corrected chi connectivity index (χ3v) is 4.24. The topological polar surface area (TPSA) is 38.3 Å². The molecule has 0 radical (unpaired) electrons. The summed E-state index contributed by atoms with van der Waals surface area (Å²) in [6.07, 6.45) is -0.565. The Hall–Kier alpha value is -1.60. The van der Waals surface area contributed by atoms with Crippen LogP contribution < -0.4 is 33.3 Å². The maximum absolute atomic E-state index is 10.4. The lowest BCUT2D eigenvalue weighted by Gasteiger charge is -2.12. The molecule has 1 N–H and O–H groups in total. The Bertz CT molecular complexity index is 829. The summed E-state index contributed by atoms with van der Waals surface area (Å²) < 4.78 is 9.99. The van der Waals surface area contributed by atoms with E-state index >= 15 is 0 Å². The van der Waals surface area contributed by atoms with Crippen LogP contribution in [0.3, 0.4) is 0 Å². The van der Waals surface area contributed by atoms with E-state index in [4.69, 9.17) is 4.74 Å². The monoisotopic (exact) mass is 438 g/mol. The Morgan fingerprint density at radius 1 is 1.12 bits per heavy atom. The van der Waals surface area contributed by atoms with Crippen molar-refractivity contribution in [2.75, 3.05) is 6.61 Å². The summed E-state index contributed by atoms with van der Waals surface area (Å²) in [5.74, 6) is 1.91. The first-order valence-corrected chi connectivity index (χ1v) is 7.87. The molecule has 1 heterocycles. The highest BCUT2D eigenvalue weighted by atomic mass is 127. The van der Waals surface area contributed by atoms with Crippen molar-refractivity contribution in [1.29, 1.82) is 0 Å². The minimum atomic E-state index is -0.565. The van der Waals surface area contributed by atoms with Gasteiger partial charge in [-0.05, 0) is 36.8 Å². The van der Waals surface area contributed by atoms with Gasteiger partial charge in [-0.3, -0.25) is 0 Å². The highest BCUT2D eigenvalue weighted by Crippen LogP contribution is 2.15. The number of aliphatic hydroxyl groups excluding tert-OH is 1. The van der Waals surface area contributed by atoms with Crippen LogP contribution in [-0.4, -0.2) is 22.4 Å². The second-order valence-corrected chi connectivity index (χ2v) is 5.99. The first-order chi connectivity index (χ1) is 11.1. The van der Waals surface area contributed by atoms with Crippen molar-refractivity contribution < 1.29 is 38.4 Å². The number of aromatic nitrogens is 2. The summed E-state index contributed by atoms with van der Waals surface area (Å²) in [4.78, 5) is 0. The summed E-state index contributed by atoms with van der Waals surface area (Å²) in [6, 6.07) is 16.1. The average molecular weight is 438 g/mol. The lowest BCUT2D eigenvalue weighted by molar-refractivity contribution is -0.652. The molecule has 1 aromatic heterocycles. The van der Waals surface area contributed by atoms with Gasteiger partial charge in [0, 0.05) is 6.92 Å². The number of ether oxygens (including phenoxy) is 1. The van der Waals surface area contributed by atoms with Crippen molar-refractivity contribution >= 4 is 11.0 Å². The number of halogens is 1. The third kappa shape index (κ3) is 3.89.